The lowest BCUT2D eigenvalue weighted by atomic mass is 10.2. The highest BCUT2D eigenvalue weighted by Gasteiger charge is 2.08. The lowest BCUT2D eigenvalue weighted by Crippen LogP contribution is -1.91. The molecule has 0 aliphatic heterocycles. The molecule has 2 N–H and O–H groups in total. The van der Waals surface area contributed by atoms with Crippen LogP contribution in [-0.4, -0.2) is 22.0 Å². The van der Waals surface area contributed by atoms with E-state index >= 15 is 0 Å². The standard InChI is InChI=1S/C13H10Cl2N4/c1-16-11-5-4-10-13(18-11)19-12(17-10)7-2-3-8(14)9(15)6-7/h2-6H,1H3,(H2,16,17,18,19). The summed E-state index contributed by atoms with van der Waals surface area (Å²) in [5.74, 6) is 1.49. The van der Waals surface area contributed by atoms with Gasteiger partial charge in [0.2, 0.25) is 0 Å². The van der Waals surface area contributed by atoms with Crippen molar-refractivity contribution >= 4 is 40.2 Å². The molecule has 96 valence electrons. The maximum absolute atomic E-state index is 6.01. The van der Waals surface area contributed by atoms with Crippen molar-refractivity contribution in [1.82, 2.24) is 15.0 Å². The molecule has 19 heavy (non-hydrogen) atoms. The molecule has 0 atom stereocenters. The van der Waals surface area contributed by atoms with Crippen LogP contribution in [0.2, 0.25) is 10.0 Å². The van der Waals surface area contributed by atoms with Gasteiger partial charge in [0.1, 0.15) is 11.6 Å². The molecule has 0 aliphatic carbocycles. The SMILES string of the molecule is CNc1ccc2[nH]c(-c3ccc(Cl)c(Cl)c3)nc2n1. The van der Waals surface area contributed by atoms with Gasteiger partial charge >= 0.3 is 0 Å². The first-order chi connectivity index (χ1) is 9.17. The molecule has 6 heteroatoms. The minimum absolute atomic E-state index is 0.503. The fourth-order valence-electron chi connectivity index (χ4n) is 1.81. The summed E-state index contributed by atoms with van der Waals surface area (Å²) in [6.07, 6.45) is 0. The summed E-state index contributed by atoms with van der Waals surface area (Å²) in [4.78, 5) is 12.0. The molecule has 2 heterocycles. The number of nitrogens with one attached hydrogen (secondary N) is 2. The largest absolute Gasteiger partial charge is 0.373 e. The highest BCUT2D eigenvalue weighted by molar-refractivity contribution is 6.42. The van der Waals surface area contributed by atoms with Crippen LogP contribution in [0.25, 0.3) is 22.6 Å². The Morgan fingerprint density at radius 1 is 1.05 bits per heavy atom. The quantitative estimate of drug-likeness (QED) is 0.751. The van der Waals surface area contributed by atoms with Gasteiger partial charge in [-0.1, -0.05) is 23.2 Å². The van der Waals surface area contributed by atoms with E-state index in [1.807, 2.05) is 25.2 Å². The molecule has 3 rings (SSSR count). The topological polar surface area (TPSA) is 53.6 Å². The molecule has 0 radical (unpaired) electrons. The third-order valence-corrected chi connectivity index (χ3v) is 3.53. The van der Waals surface area contributed by atoms with Gasteiger partial charge in [0.15, 0.2) is 5.65 Å². The van der Waals surface area contributed by atoms with Gasteiger partial charge in [0, 0.05) is 12.6 Å². The van der Waals surface area contributed by atoms with Gasteiger partial charge in [0.25, 0.3) is 0 Å². The van der Waals surface area contributed by atoms with Crippen LogP contribution < -0.4 is 5.32 Å². The molecular weight excluding hydrogens is 283 g/mol. The Kier molecular flexibility index (Phi) is 3.05. The molecule has 0 unspecified atom stereocenters. The smallest absolute Gasteiger partial charge is 0.180 e. The highest BCUT2D eigenvalue weighted by Crippen LogP contribution is 2.28. The fraction of sp³-hybridized carbons (Fsp3) is 0.0769. The Morgan fingerprint density at radius 2 is 1.89 bits per heavy atom. The number of H-pyrrole nitrogens is 1. The number of halogens is 2. The summed E-state index contributed by atoms with van der Waals surface area (Å²) in [6.45, 7) is 0. The number of imidazole rings is 1. The number of aromatic amines is 1. The van der Waals surface area contributed by atoms with Gasteiger partial charge in [-0.3, -0.25) is 0 Å². The van der Waals surface area contributed by atoms with E-state index in [9.17, 15) is 0 Å². The average molecular weight is 293 g/mol. The normalized spacial score (nSPS) is 10.9. The molecule has 0 bridgehead atoms. The number of nitrogens with zero attached hydrogens (tertiary/aromatic N) is 2. The van der Waals surface area contributed by atoms with Gasteiger partial charge < -0.3 is 10.3 Å². The van der Waals surface area contributed by atoms with Crippen LogP contribution in [0.5, 0.6) is 0 Å². The first kappa shape index (κ1) is 12.3. The molecule has 0 saturated heterocycles. The van der Waals surface area contributed by atoms with Crippen molar-refractivity contribution < 1.29 is 0 Å². The van der Waals surface area contributed by atoms with Crippen molar-refractivity contribution in [3.05, 3.63) is 40.4 Å². The molecule has 4 nitrogen and oxygen atoms in total. The zero-order valence-electron chi connectivity index (χ0n) is 10.0. The van der Waals surface area contributed by atoms with Crippen LogP contribution in [0.3, 0.4) is 0 Å². The number of pyridine rings is 1. The predicted molar refractivity (Wildman–Crippen MR) is 78.9 cm³/mol. The minimum atomic E-state index is 0.503. The Labute approximate surface area is 119 Å². The second-order valence-electron chi connectivity index (χ2n) is 4.03. The summed E-state index contributed by atoms with van der Waals surface area (Å²) in [5, 5.41) is 4.01. The average Bonchev–Trinajstić information content (AvgIpc) is 2.84. The molecule has 0 aliphatic rings. The minimum Gasteiger partial charge on any atom is -0.373 e. The van der Waals surface area contributed by atoms with Crippen molar-refractivity contribution in [2.24, 2.45) is 0 Å². The monoisotopic (exact) mass is 292 g/mol. The van der Waals surface area contributed by atoms with Crippen LogP contribution in [0, 0.1) is 0 Å². The second-order valence-corrected chi connectivity index (χ2v) is 4.85. The molecule has 3 aromatic rings. The van der Waals surface area contributed by atoms with Crippen LogP contribution in [0.4, 0.5) is 5.82 Å². The van der Waals surface area contributed by atoms with E-state index in [1.54, 1.807) is 12.1 Å². The van der Waals surface area contributed by atoms with Crippen molar-refractivity contribution in [1.29, 1.82) is 0 Å². The van der Waals surface area contributed by atoms with E-state index in [0.717, 1.165) is 16.9 Å². The third kappa shape index (κ3) is 2.25. The zero-order chi connectivity index (χ0) is 13.4. The molecule has 0 saturated carbocycles. The van der Waals surface area contributed by atoms with Crippen molar-refractivity contribution in [2.75, 3.05) is 12.4 Å². The number of hydrogen-bond donors (Lipinski definition) is 2. The van der Waals surface area contributed by atoms with Crippen molar-refractivity contribution in [3.8, 4) is 11.4 Å². The van der Waals surface area contributed by atoms with Crippen LogP contribution in [0.15, 0.2) is 30.3 Å². The van der Waals surface area contributed by atoms with Crippen LogP contribution in [0.1, 0.15) is 0 Å². The van der Waals surface area contributed by atoms with Gasteiger partial charge in [-0.15, -0.1) is 0 Å². The number of benzene rings is 1. The van der Waals surface area contributed by atoms with Crippen molar-refractivity contribution in [3.63, 3.8) is 0 Å². The summed E-state index contributed by atoms with van der Waals surface area (Å²) >= 11 is 11.9. The van der Waals surface area contributed by atoms with Gasteiger partial charge in [-0.25, -0.2) is 9.97 Å². The first-order valence-corrected chi connectivity index (χ1v) is 6.43. The van der Waals surface area contributed by atoms with E-state index in [-0.39, 0.29) is 0 Å². The number of fused-ring (bicyclic) bond motifs is 1. The van der Waals surface area contributed by atoms with Crippen molar-refractivity contribution in [2.45, 2.75) is 0 Å². The van der Waals surface area contributed by atoms with Crippen LogP contribution in [-0.2, 0) is 0 Å². The number of rotatable bonds is 2. The molecule has 0 amide bonds. The summed E-state index contributed by atoms with van der Waals surface area (Å²) in [7, 11) is 1.82. The maximum atomic E-state index is 6.01. The summed E-state index contributed by atoms with van der Waals surface area (Å²) in [5.41, 5.74) is 2.41. The summed E-state index contributed by atoms with van der Waals surface area (Å²) < 4.78 is 0. The van der Waals surface area contributed by atoms with Gasteiger partial charge in [0.05, 0.1) is 15.6 Å². The summed E-state index contributed by atoms with van der Waals surface area (Å²) in [6, 6.07) is 9.21. The lowest BCUT2D eigenvalue weighted by molar-refractivity contribution is 1.28. The molecule has 1 aromatic carbocycles. The van der Waals surface area contributed by atoms with E-state index in [2.05, 4.69) is 20.3 Å². The number of anilines is 1. The Morgan fingerprint density at radius 3 is 2.63 bits per heavy atom. The zero-order valence-corrected chi connectivity index (χ0v) is 11.5. The Bertz CT molecular complexity index is 751. The Hall–Kier alpha value is -1.78. The van der Waals surface area contributed by atoms with E-state index < -0.39 is 0 Å². The third-order valence-electron chi connectivity index (χ3n) is 2.80. The molecule has 0 fully saturated rings. The predicted octanol–water partition coefficient (Wildman–Crippen LogP) is 3.97. The number of hydrogen-bond acceptors (Lipinski definition) is 3. The molecule has 0 spiro atoms. The Balaban J connectivity index is 2.11. The van der Waals surface area contributed by atoms with Gasteiger partial charge in [-0.2, -0.15) is 0 Å². The fourth-order valence-corrected chi connectivity index (χ4v) is 2.11. The maximum Gasteiger partial charge on any atom is 0.180 e. The van der Waals surface area contributed by atoms with Gasteiger partial charge in [-0.05, 0) is 30.3 Å². The van der Waals surface area contributed by atoms with E-state index in [4.69, 9.17) is 23.2 Å². The van der Waals surface area contributed by atoms with Crippen LogP contribution >= 0.6 is 23.2 Å². The van der Waals surface area contributed by atoms with E-state index in [1.165, 1.54) is 0 Å². The molecular formula is C13H10Cl2N4. The van der Waals surface area contributed by atoms with E-state index in [0.29, 0.717) is 21.5 Å². The second kappa shape index (κ2) is 4.72. The number of aromatic nitrogens is 3. The molecule has 2 aromatic heterocycles. The first-order valence-electron chi connectivity index (χ1n) is 5.67. The highest BCUT2D eigenvalue weighted by atomic mass is 35.5. The lowest BCUT2D eigenvalue weighted by Gasteiger charge is -1.98.